The van der Waals surface area contributed by atoms with E-state index >= 15 is 0 Å². The summed E-state index contributed by atoms with van der Waals surface area (Å²) in [5, 5.41) is 13.4. The Kier molecular flexibility index (Phi) is 4.12. The quantitative estimate of drug-likeness (QED) is 0.842. The number of ether oxygens (including phenoxy) is 1. The highest BCUT2D eigenvalue weighted by Gasteiger charge is 2.05. The van der Waals surface area contributed by atoms with E-state index in [0.29, 0.717) is 17.4 Å². The van der Waals surface area contributed by atoms with E-state index in [2.05, 4.69) is 10.3 Å². The molecular weight excluding hydrogens is 264 g/mol. The lowest BCUT2D eigenvalue weighted by atomic mass is 10.2. The van der Waals surface area contributed by atoms with Crippen LogP contribution in [0.25, 0.3) is 0 Å². The molecule has 0 fully saturated rings. The third-order valence-corrected chi connectivity index (χ3v) is 3.04. The zero-order valence-electron chi connectivity index (χ0n) is 10.8. The van der Waals surface area contributed by atoms with Crippen LogP contribution in [0.3, 0.4) is 0 Å². The Morgan fingerprint density at radius 2 is 2.16 bits per heavy atom. The molecule has 0 amide bonds. The lowest BCUT2D eigenvalue weighted by molar-refractivity contribution is 0.406. The van der Waals surface area contributed by atoms with E-state index < -0.39 is 0 Å². The van der Waals surface area contributed by atoms with Gasteiger partial charge in [0.15, 0.2) is 5.15 Å². The smallest absolute Gasteiger partial charge is 0.152 e. The molecule has 0 unspecified atom stereocenters. The van der Waals surface area contributed by atoms with Gasteiger partial charge in [0, 0.05) is 24.4 Å². The summed E-state index contributed by atoms with van der Waals surface area (Å²) in [6.45, 7) is 2.40. The van der Waals surface area contributed by atoms with Gasteiger partial charge in [-0.2, -0.15) is 0 Å². The highest BCUT2D eigenvalue weighted by Crippen LogP contribution is 2.26. The van der Waals surface area contributed by atoms with Crippen molar-refractivity contribution in [1.29, 1.82) is 0 Å². The first-order chi connectivity index (χ1) is 9.10. The second kappa shape index (κ2) is 5.80. The number of aryl methyl sites for hydroxylation is 1. The van der Waals surface area contributed by atoms with Gasteiger partial charge in [-0.25, -0.2) is 4.98 Å². The summed E-state index contributed by atoms with van der Waals surface area (Å²) in [5.74, 6) is 0.806. The van der Waals surface area contributed by atoms with E-state index in [4.69, 9.17) is 16.3 Å². The van der Waals surface area contributed by atoms with Crippen molar-refractivity contribution in [1.82, 2.24) is 4.98 Å². The number of pyridine rings is 1. The number of nitrogens with one attached hydrogen (secondary N) is 1. The van der Waals surface area contributed by atoms with Crippen LogP contribution in [0.4, 0.5) is 5.69 Å². The average molecular weight is 279 g/mol. The fourth-order valence-corrected chi connectivity index (χ4v) is 1.86. The molecule has 4 nitrogen and oxygen atoms in total. The first kappa shape index (κ1) is 13.5. The molecular formula is C14H15ClN2O2. The summed E-state index contributed by atoms with van der Waals surface area (Å²) in [6.07, 6.45) is 1.71. The van der Waals surface area contributed by atoms with Gasteiger partial charge in [0.25, 0.3) is 0 Å². The predicted octanol–water partition coefficient (Wildman–Crippen LogP) is 3.37. The van der Waals surface area contributed by atoms with E-state index in [1.54, 1.807) is 31.5 Å². The van der Waals surface area contributed by atoms with Gasteiger partial charge in [0.2, 0.25) is 0 Å². The van der Waals surface area contributed by atoms with Gasteiger partial charge in [-0.1, -0.05) is 11.6 Å². The largest absolute Gasteiger partial charge is 0.507 e. The highest BCUT2D eigenvalue weighted by molar-refractivity contribution is 6.31. The molecule has 100 valence electrons. The molecule has 0 saturated carbocycles. The lowest BCUT2D eigenvalue weighted by Crippen LogP contribution is -2.01. The topological polar surface area (TPSA) is 54.4 Å². The number of hydrogen-bond acceptors (Lipinski definition) is 4. The van der Waals surface area contributed by atoms with Crippen molar-refractivity contribution < 1.29 is 9.84 Å². The van der Waals surface area contributed by atoms with Crippen LogP contribution in [0, 0.1) is 6.92 Å². The zero-order chi connectivity index (χ0) is 13.8. The van der Waals surface area contributed by atoms with Crippen LogP contribution in [0.1, 0.15) is 11.1 Å². The van der Waals surface area contributed by atoms with Crippen molar-refractivity contribution in [3.63, 3.8) is 0 Å². The van der Waals surface area contributed by atoms with E-state index in [-0.39, 0.29) is 5.75 Å². The molecule has 19 heavy (non-hydrogen) atoms. The summed E-state index contributed by atoms with van der Waals surface area (Å²) >= 11 is 5.99. The normalized spacial score (nSPS) is 10.3. The molecule has 1 heterocycles. The van der Waals surface area contributed by atoms with Crippen molar-refractivity contribution >= 4 is 17.3 Å². The Morgan fingerprint density at radius 1 is 1.37 bits per heavy atom. The molecule has 0 bridgehead atoms. The van der Waals surface area contributed by atoms with Crippen LogP contribution in [-0.2, 0) is 6.54 Å². The van der Waals surface area contributed by atoms with Gasteiger partial charge in [-0.05, 0) is 30.7 Å². The molecule has 0 atom stereocenters. The summed E-state index contributed by atoms with van der Waals surface area (Å²) in [6, 6.07) is 7.09. The number of phenolic OH excluding ortho intramolecular Hbond substituents is 1. The number of benzene rings is 1. The minimum absolute atomic E-state index is 0.184. The fourth-order valence-electron chi connectivity index (χ4n) is 1.69. The van der Waals surface area contributed by atoms with E-state index in [0.717, 1.165) is 16.8 Å². The fraction of sp³-hybridized carbons (Fsp3) is 0.214. The minimum Gasteiger partial charge on any atom is -0.507 e. The number of anilines is 1. The van der Waals surface area contributed by atoms with Crippen molar-refractivity contribution in [3.8, 4) is 11.5 Å². The monoisotopic (exact) mass is 278 g/mol. The van der Waals surface area contributed by atoms with Crippen LogP contribution >= 0.6 is 11.6 Å². The lowest BCUT2D eigenvalue weighted by Gasteiger charge is -2.10. The number of aromatic nitrogens is 1. The third kappa shape index (κ3) is 3.29. The van der Waals surface area contributed by atoms with Crippen LogP contribution in [0.5, 0.6) is 11.5 Å². The SMILES string of the molecule is COc1ccc(CNc2cc(C)cnc2Cl)c(O)c1. The van der Waals surface area contributed by atoms with Crippen LogP contribution < -0.4 is 10.1 Å². The van der Waals surface area contributed by atoms with Gasteiger partial charge < -0.3 is 15.2 Å². The van der Waals surface area contributed by atoms with Crippen molar-refractivity contribution in [3.05, 3.63) is 46.7 Å². The Labute approximate surface area is 117 Å². The zero-order valence-corrected chi connectivity index (χ0v) is 11.5. The Hall–Kier alpha value is -1.94. The number of aromatic hydroxyl groups is 1. The van der Waals surface area contributed by atoms with Gasteiger partial charge >= 0.3 is 0 Å². The molecule has 0 saturated heterocycles. The summed E-state index contributed by atoms with van der Waals surface area (Å²) < 4.78 is 5.04. The summed E-state index contributed by atoms with van der Waals surface area (Å²) in [7, 11) is 1.56. The average Bonchev–Trinajstić information content (AvgIpc) is 2.40. The molecule has 5 heteroatoms. The van der Waals surface area contributed by atoms with E-state index in [1.807, 2.05) is 13.0 Å². The Morgan fingerprint density at radius 3 is 2.84 bits per heavy atom. The van der Waals surface area contributed by atoms with E-state index in [9.17, 15) is 5.11 Å². The number of methoxy groups -OCH3 is 1. The molecule has 0 spiro atoms. The van der Waals surface area contributed by atoms with Crippen LogP contribution in [0.2, 0.25) is 5.15 Å². The number of hydrogen-bond donors (Lipinski definition) is 2. The van der Waals surface area contributed by atoms with Crippen LogP contribution in [-0.4, -0.2) is 17.2 Å². The maximum absolute atomic E-state index is 9.86. The third-order valence-electron chi connectivity index (χ3n) is 2.74. The van der Waals surface area contributed by atoms with Gasteiger partial charge in [0.1, 0.15) is 11.5 Å². The molecule has 0 aliphatic heterocycles. The number of halogens is 1. The Balaban J connectivity index is 2.12. The molecule has 0 aliphatic carbocycles. The summed E-state index contributed by atoms with van der Waals surface area (Å²) in [4.78, 5) is 4.06. The van der Waals surface area contributed by atoms with E-state index in [1.165, 1.54) is 0 Å². The van der Waals surface area contributed by atoms with Gasteiger partial charge in [-0.15, -0.1) is 0 Å². The predicted molar refractivity (Wildman–Crippen MR) is 76.0 cm³/mol. The van der Waals surface area contributed by atoms with Gasteiger partial charge in [0.05, 0.1) is 12.8 Å². The standard InChI is InChI=1S/C14H15ClN2O2/c1-9-5-12(14(15)17-7-9)16-8-10-3-4-11(19-2)6-13(10)18/h3-7,16,18H,8H2,1-2H3. The molecule has 2 N–H and O–H groups in total. The Bertz CT molecular complexity index is 588. The minimum atomic E-state index is 0.184. The second-order valence-electron chi connectivity index (χ2n) is 4.20. The van der Waals surface area contributed by atoms with Gasteiger partial charge in [-0.3, -0.25) is 0 Å². The molecule has 2 rings (SSSR count). The number of rotatable bonds is 4. The molecule has 0 aliphatic rings. The number of nitrogens with zero attached hydrogens (tertiary/aromatic N) is 1. The second-order valence-corrected chi connectivity index (χ2v) is 4.56. The molecule has 0 radical (unpaired) electrons. The summed E-state index contributed by atoms with van der Waals surface area (Å²) in [5.41, 5.74) is 2.53. The molecule has 2 aromatic rings. The van der Waals surface area contributed by atoms with Crippen molar-refractivity contribution in [2.45, 2.75) is 13.5 Å². The maximum Gasteiger partial charge on any atom is 0.152 e. The molecule has 1 aromatic carbocycles. The van der Waals surface area contributed by atoms with Crippen LogP contribution in [0.15, 0.2) is 30.5 Å². The first-order valence-electron chi connectivity index (χ1n) is 5.82. The van der Waals surface area contributed by atoms with Crippen molar-refractivity contribution in [2.24, 2.45) is 0 Å². The maximum atomic E-state index is 9.86. The molecule has 1 aromatic heterocycles. The first-order valence-corrected chi connectivity index (χ1v) is 6.20. The number of phenols is 1. The highest BCUT2D eigenvalue weighted by atomic mass is 35.5. The van der Waals surface area contributed by atoms with Crippen molar-refractivity contribution in [2.75, 3.05) is 12.4 Å².